The van der Waals surface area contributed by atoms with Crippen LogP contribution in [0.4, 0.5) is 10.1 Å². The molecule has 5 heterocycles. The number of carbonyl (C=O) groups is 1. The van der Waals surface area contributed by atoms with Crippen molar-refractivity contribution in [3.8, 4) is 33.9 Å². The summed E-state index contributed by atoms with van der Waals surface area (Å²) in [6.07, 6.45) is 9.74. The van der Waals surface area contributed by atoms with Crippen molar-refractivity contribution in [1.82, 2.24) is 35.1 Å². The number of imidazole rings is 1. The highest BCUT2D eigenvalue weighted by molar-refractivity contribution is 7.90. The molecule has 7 rings (SSSR count). The first kappa shape index (κ1) is 29.9. The molecule has 0 unspecified atom stereocenters. The van der Waals surface area contributed by atoms with Crippen LogP contribution in [0, 0.1) is 5.82 Å². The number of hydrogen-bond donors (Lipinski definition) is 3. The van der Waals surface area contributed by atoms with Crippen molar-refractivity contribution < 1.29 is 17.6 Å². The van der Waals surface area contributed by atoms with Crippen LogP contribution in [-0.2, 0) is 27.5 Å². The van der Waals surface area contributed by atoms with Gasteiger partial charge >= 0.3 is 0 Å². The van der Waals surface area contributed by atoms with E-state index >= 15 is 0 Å². The first-order valence-corrected chi connectivity index (χ1v) is 16.7. The lowest BCUT2D eigenvalue weighted by molar-refractivity contribution is -0.115. The third kappa shape index (κ3) is 6.60. The number of nitrogens with one attached hydrogen (secondary N) is 3. The van der Waals surface area contributed by atoms with Gasteiger partial charge in [0.25, 0.3) is 0 Å². The van der Waals surface area contributed by atoms with Crippen LogP contribution < -0.4 is 5.32 Å². The molecular weight excluding hydrogens is 619 g/mol. The monoisotopic (exact) mass is 646 g/mol. The fraction of sp³-hybridized carbons (Fsp3) is 0.118. The molecule has 13 heteroatoms. The molecule has 0 radical (unpaired) electrons. The van der Waals surface area contributed by atoms with Crippen molar-refractivity contribution in [2.45, 2.75) is 12.8 Å². The summed E-state index contributed by atoms with van der Waals surface area (Å²) in [6.45, 7) is 0. The highest BCUT2D eigenvalue weighted by Gasteiger charge is 2.18. The number of pyridine rings is 3. The maximum Gasteiger partial charge on any atom is 0.228 e. The Morgan fingerprint density at radius 1 is 0.894 bits per heavy atom. The van der Waals surface area contributed by atoms with Gasteiger partial charge in [0.15, 0.2) is 5.82 Å². The molecule has 7 aromatic rings. The van der Waals surface area contributed by atoms with Gasteiger partial charge in [-0.05, 0) is 47.4 Å². The van der Waals surface area contributed by atoms with E-state index in [1.54, 1.807) is 37.1 Å². The van der Waals surface area contributed by atoms with E-state index in [0.717, 1.165) is 17.2 Å². The fourth-order valence-electron chi connectivity index (χ4n) is 5.40. The predicted molar refractivity (Wildman–Crippen MR) is 178 cm³/mol. The smallest absolute Gasteiger partial charge is 0.228 e. The number of H-pyrrole nitrogens is 2. The number of hydrogen-bond acceptors (Lipinski definition) is 8. The third-order valence-electron chi connectivity index (χ3n) is 7.62. The Labute approximate surface area is 268 Å². The number of rotatable bonds is 9. The fourth-order valence-corrected chi connectivity index (χ4v) is 6.01. The number of amides is 1. The normalized spacial score (nSPS) is 11.7. The molecule has 0 saturated heterocycles. The molecule has 0 spiro atoms. The summed E-state index contributed by atoms with van der Waals surface area (Å²) in [5.41, 5.74) is 6.86. The topological polar surface area (TPSA) is 159 Å². The third-order valence-corrected chi connectivity index (χ3v) is 8.57. The van der Waals surface area contributed by atoms with E-state index < -0.39 is 15.7 Å². The second kappa shape index (κ2) is 12.2. The molecule has 0 aliphatic rings. The lowest BCUT2D eigenvalue weighted by Gasteiger charge is -2.07. The maximum atomic E-state index is 14.6. The van der Waals surface area contributed by atoms with Crippen molar-refractivity contribution in [2.24, 2.45) is 0 Å². The molecule has 0 fully saturated rings. The van der Waals surface area contributed by atoms with E-state index in [9.17, 15) is 17.6 Å². The van der Waals surface area contributed by atoms with Crippen LogP contribution in [-0.4, -0.2) is 61.5 Å². The van der Waals surface area contributed by atoms with Crippen LogP contribution in [0.15, 0.2) is 91.6 Å². The highest BCUT2D eigenvalue weighted by Crippen LogP contribution is 2.33. The zero-order chi connectivity index (χ0) is 32.5. The Balaban J connectivity index is 1.20. The van der Waals surface area contributed by atoms with Crippen LogP contribution in [0.3, 0.4) is 0 Å². The SMILES string of the molecule is CS(=O)(=O)CCc1cc(F)cc(-c2cncc3[nH]c(-c4n[nH]c5cnc(-c6cncc(NC(=O)Cc7ccccc7)c6)cc45)nc23)c1. The number of carbonyl (C=O) groups excluding carboxylic acids is 1. The number of aromatic nitrogens is 7. The van der Waals surface area contributed by atoms with Crippen molar-refractivity contribution in [3.05, 3.63) is 109 Å². The van der Waals surface area contributed by atoms with Gasteiger partial charge in [-0.25, -0.2) is 17.8 Å². The lowest BCUT2D eigenvalue weighted by Crippen LogP contribution is -2.14. The molecule has 11 nitrogen and oxygen atoms in total. The molecule has 1 amide bonds. The minimum absolute atomic E-state index is 0.0861. The Kier molecular flexibility index (Phi) is 7.74. The molecule has 0 atom stereocenters. The Bertz CT molecular complexity index is 2390. The van der Waals surface area contributed by atoms with Crippen molar-refractivity contribution >= 4 is 43.4 Å². The summed E-state index contributed by atoms with van der Waals surface area (Å²) in [6, 6.07) is 17.6. The average Bonchev–Trinajstić information content (AvgIpc) is 3.68. The average molecular weight is 647 g/mol. The summed E-state index contributed by atoms with van der Waals surface area (Å²) in [4.78, 5) is 34.0. The first-order valence-electron chi connectivity index (χ1n) is 14.6. The molecule has 0 bridgehead atoms. The van der Waals surface area contributed by atoms with Crippen LogP contribution in [0.25, 0.3) is 55.8 Å². The number of aryl methyl sites for hydroxylation is 1. The zero-order valence-corrected chi connectivity index (χ0v) is 25.8. The minimum Gasteiger partial charge on any atom is -0.335 e. The van der Waals surface area contributed by atoms with Gasteiger partial charge in [-0.3, -0.25) is 24.8 Å². The van der Waals surface area contributed by atoms with E-state index in [-0.39, 0.29) is 24.5 Å². The van der Waals surface area contributed by atoms with Gasteiger partial charge in [0.1, 0.15) is 21.3 Å². The number of halogens is 1. The van der Waals surface area contributed by atoms with Crippen LogP contribution >= 0.6 is 0 Å². The lowest BCUT2D eigenvalue weighted by atomic mass is 10.0. The van der Waals surface area contributed by atoms with E-state index in [0.29, 0.717) is 61.7 Å². The molecule has 5 aromatic heterocycles. The first-order chi connectivity index (χ1) is 22.7. The second-order valence-corrected chi connectivity index (χ2v) is 13.5. The van der Waals surface area contributed by atoms with Gasteiger partial charge in [0, 0.05) is 35.2 Å². The highest BCUT2D eigenvalue weighted by atomic mass is 32.2. The summed E-state index contributed by atoms with van der Waals surface area (Å²) >= 11 is 0. The van der Waals surface area contributed by atoms with Crippen LogP contribution in [0.2, 0.25) is 0 Å². The summed E-state index contributed by atoms with van der Waals surface area (Å²) < 4.78 is 38.0. The van der Waals surface area contributed by atoms with Gasteiger partial charge in [-0.2, -0.15) is 5.10 Å². The quantitative estimate of drug-likeness (QED) is 0.185. The van der Waals surface area contributed by atoms with Crippen LogP contribution in [0.5, 0.6) is 0 Å². The molecule has 0 saturated carbocycles. The predicted octanol–water partition coefficient (Wildman–Crippen LogP) is 5.53. The van der Waals surface area contributed by atoms with Crippen molar-refractivity contribution in [2.75, 3.05) is 17.3 Å². The second-order valence-electron chi connectivity index (χ2n) is 11.3. The van der Waals surface area contributed by atoms with E-state index in [1.165, 1.54) is 12.1 Å². The number of anilines is 1. The summed E-state index contributed by atoms with van der Waals surface area (Å²) in [5, 5.41) is 11.2. The number of sulfone groups is 1. The summed E-state index contributed by atoms with van der Waals surface area (Å²) in [7, 11) is -3.21. The number of fused-ring (bicyclic) bond motifs is 2. The van der Waals surface area contributed by atoms with Gasteiger partial charge in [0.05, 0.1) is 58.7 Å². The standard InChI is InChI=1S/C34H27FN8O3S/c1-47(45,46)8-7-21-9-22(12-24(35)10-21)27-17-37-18-30-32(27)41-34(40-30)33-26-14-28(38-19-29(26)42-43-33)23-13-25(16-36-15-23)39-31(44)11-20-5-3-2-4-6-20/h2-6,9-10,12-19H,7-8,11H2,1H3,(H,39,44)(H,40,41)(H,42,43). The van der Waals surface area contributed by atoms with Gasteiger partial charge < -0.3 is 10.3 Å². The molecular formula is C34H27FN8O3S. The molecule has 0 aliphatic heterocycles. The van der Waals surface area contributed by atoms with Gasteiger partial charge in [-0.15, -0.1) is 0 Å². The number of aromatic amines is 2. The van der Waals surface area contributed by atoms with E-state index in [4.69, 9.17) is 4.98 Å². The molecule has 0 aliphatic carbocycles. The van der Waals surface area contributed by atoms with Crippen LogP contribution in [0.1, 0.15) is 11.1 Å². The largest absolute Gasteiger partial charge is 0.335 e. The minimum atomic E-state index is -3.21. The zero-order valence-electron chi connectivity index (χ0n) is 25.0. The van der Waals surface area contributed by atoms with Crippen molar-refractivity contribution in [3.63, 3.8) is 0 Å². The Hall–Kier alpha value is -5.82. The molecule has 234 valence electrons. The van der Waals surface area contributed by atoms with Gasteiger partial charge in [-0.1, -0.05) is 36.4 Å². The maximum absolute atomic E-state index is 14.6. The molecule has 2 aromatic carbocycles. The molecule has 3 N–H and O–H groups in total. The number of benzene rings is 2. The summed E-state index contributed by atoms with van der Waals surface area (Å²) in [5.74, 6) is -0.257. The Morgan fingerprint density at radius 2 is 1.72 bits per heavy atom. The van der Waals surface area contributed by atoms with E-state index in [1.807, 2.05) is 42.5 Å². The van der Waals surface area contributed by atoms with Gasteiger partial charge in [0.2, 0.25) is 5.91 Å². The van der Waals surface area contributed by atoms with Crippen molar-refractivity contribution in [1.29, 1.82) is 0 Å². The number of nitrogens with zero attached hydrogens (tertiary/aromatic N) is 5. The van der Waals surface area contributed by atoms with E-state index in [2.05, 4.69) is 35.5 Å². The Morgan fingerprint density at radius 3 is 2.55 bits per heavy atom. The molecule has 47 heavy (non-hydrogen) atoms.